The van der Waals surface area contributed by atoms with E-state index in [1.54, 1.807) is 37.7 Å². The Balaban J connectivity index is 1.58. The summed E-state index contributed by atoms with van der Waals surface area (Å²) in [6.07, 6.45) is 5.41. The van der Waals surface area contributed by atoms with Crippen LogP contribution in [0.25, 0.3) is 5.65 Å². The van der Waals surface area contributed by atoms with Gasteiger partial charge in [-0.15, -0.1) is 5.10 Å². The van der Waals surface area contributed by atoms with E-state index in [0.29, 0.717) is 34.6 Å². The average molecular weight is 426 g/mol. The Morgan fingerprint density at radius 1 is 1.29 bits per heavy atom. The molecule has 1 N–H and O–H groups in total. The summed E-state index contributed by atoms with van der Waals surface area (Å²) < 4.78 is 13.1. The molecular formula is C21H26N6O4. The molecule has 0 saturated carbocycles. The smallest absolute Gasteiger partial charge is 0.350 e. The van der Waals surface area contributed by atoms with Crippen LogP contribution in [0.3, 0.4) is 0 Å². The molecule has 0 spiro atoms. The number of methoxy groups -OCH3 is 2. The first-order chi connectivity index (χ1) is 15.0. The maximum Gasteiger partial charge on any atom is 0.350 e. The van der Waals surface area contributed by atoms with Crippen molar-refractivity contribution in [3.63, 3.8) is 0 Å². The molecule has 1 saturated heterocycles. The van der Waals surface area contributed by atoms with Gasteiger partial charge in [0, 0.05) is 31.5 Å². The van der Waals surface area contributed by atoms with Crippen LogP contribution in [0.5, 0.6) is 11.5 Å². The van der Waals surface area contributed by atoms with E-state index in [-0.39, 0.29) is 12.2 Å². The van der Waals surface area contributed by atoms with Crippen LogP contribution in [0, 0.1) is 5.92 Å². The number of ether oxygens (including phenoxy) is 2. The summed E-state index contributed by atoms with van der Waals surface area (Å²) in [5, 5.41) is 7.18. The van der Waals surface area contributed by atoms with Crippen molar-refractivity contribution in [2.24, 2.45) is 5.92 Å². The Morgan fingerprint density at radius 3 is 2.87 bits per heavy atom. The summed E-state index contributed by atoms with van der Waals surface area (Å²) in [6.45, 7) is 3.71. The van der Waals surface area contributed by atoms with Gasteiger partial charge in [-0.25, -0.2) is 18.9 Å². The van der Waals surface area contributed by atoms with Gasteiger partial charge in [-0.05, 0) is 30.9 Å². The minimum Gasteiger partial charge on any atom is -0.497 e. The second kappa shape index (κ2) is 8.66. The normalized spacial score (nSPS) is 16.4. The highest BCUT2D eigenvalue weighted by atomic mass is 16.5. The minimum atomic E-state index is -0.393. The van der Waals surface area contributed by atoms with Gasteiger partial charge in [0.25, 0.3) is 0 Å². The predicted octanol–water partition coefficient (Wildman–Crippen LogP) is 1.78. The third kappa shape index (κ3) is 4.18. The monoisotopic (exact) mass is 426 g/mol. The molecule has 0 unspecified atom stereocenters. The van der Waals surface area contributed by atoms with E-state index in [0.717, 1.165) is 24.2 Å². The summed E-state index contributed by atoms with van der Waals surface area (Å²) in [7, 11) is 3.06. The quantitative estimate of drug-likeness (QED) is 0.641. The molecule has 0 aliphatic carbocycles. The molecule has 10 heteroatoms. The highest BCUT2D eigenvalue weighted by molar-refractivity contribution is 5.92. The maximum atomic E-state index is 12.8. The largest absolute Gasteiger partial charge is 0.497 e. The second-order valence-corrected chi connectivity index (χ2v) is 7.69. The third-order valence-corrected chi connectivity index (χ3v) is 5.42. The zero-order chi connectivity index (χ0) is 22.0. The number of nitrogens with zero attached hydrogens (tertiary/aromatic N) is 5. The van der Waals surface area contributed by atoms with Crippen LogP contribution in [0.15, 0.2) is 35.4 Å². The van der Waals surface area contributed by atoms with E-state index in [1.165, 1.54) is 17.9 Å². The zero-order valence-electron chi connectivity index (χ0n) is 17.9. The predicted molar refractivity (Wildman–Crippen MR) is 116 cm³/mol. The van der Waals surface area contributed by atoms with Crippen LogP contribution in [-0.4, -0.2) is 52.4 Å². The van der Waals surface area contributed by atoms with Crippen molar-refractivity contribution in [3.05, 3.63) is 41.1 Å². The fourth-order valence-electron chi connectivity index (χ4n) is 3.87. The first-order valence-electron chi connectivity index (χ1n) is 10.2. The Hall–Kier alpha value is -3.56. The van der Waals surface area contributed by atoms with E-state index >= 15 is 0 Å². The maximum absolute atomic E-state index is 12.8. The zero-order valence-corrected chi connectivity index (χ0v) is 17.9. The fraction of sp³-hybridized carbons (Fsp3) is 0.429. The lowest BCUT2D eigenvalue weighted by Gasteiger charge is -2.31. The van der Waals surface area contributed by atoms with Gasteiger partial charge in [0.2, 0.25) is 11.6 Å². The van der Waals surface area contributed by atoms with Gasteiger partial charge < -0.3 is 19.7 Å². The topological polar surface area (TPSA) is 103 Å². The van der Waals surface area contributed by atoms with Crippen molar-refractivity contribution in [2.45, 2.75) is 26.3 Å². The molecule has 3 aromatic rings. The lowest BCUT2D eigenvalue weighted by atomic mass is 10.0. The number of fused-ring (bicyclic) bond motifs is 1. The number of piperidine rings is 1. The molecule has 1 atom stereocenters. The van der Waals surface area contributed by atoms with Crippen molar-refractivity contribution >= 4 is 23.1 Å². The van der Waals surface area contributed by atoms with E-state index in [4.69, 9.17) is 9.47 Å². The van der Waals surface area contributed by atoms with E-state index in [9.17, 15) is 9.59 Å². The van der Waals surface area contributed by atoms with Gasteiger partial charge in [0.15, 0.2) is 5.82 Å². The lowest BCUT2D eigenvalue weighted by Crippen LogP contribution is -2.35. The number of aromatic nitrogens is 4. The van der Waals surface area contributed by atoms with E-state index in [2.05, 4.69) is 27.2 Å². The van der Waals surface area contributed by atoms with Crippen LogP contribution in [0.1, 0.15) is 19.8 Å². The van der Waals surface area contributed by atoms with Crippen LogP contribution in [-0.2, 0) is 11.3 Å². The Bertz CT molecular complexity index is 1150. The number of hydrogen-bond donors (Lipinski definition) is 1. The molecule has 164 valence electrons. The number of rotatable bonds is 6. The second-order valence-electron chi connectivity index (χ2n) is 7.69. The van der Waals surface area contributed by atoms with Crippen LogP contribution < -0.4 is 25.4 Å². The molecule has 1 aliphatic rings. The summed E-state index contributed by atoms with van der Waals surface area (Å²) in [5.41, 5.74) is 0.548. The van der Waals surface area contributed by atoms with Gasteiger partial charge in [-0.2, -0.15) is 0 Å². The molecule has 10 nitrogen and oxygen atoms in total. The Kier molecular flexibility index (Phi) is 5.79. The van der Waals surface area contributed by atoms with Crippen LogP contribution in [0.4, 0.5) is 11.5 Å². The summed E-state index contributed by atoms with van der Waals surface area (Å²) in [6, 6.07) is 5.07. The molecule has 0 bridgehead atoms. The van der Waals surface area contributed by atoms with E-state index < -0.39 is 5.91 Å². The average Bonchev–Trinajstić information content (AvgIpc) is 3.09. The fourth-order valence-corrected chi connectivity index (χ4v) is 3.87. The molecule has 31 heavy (non-hydrogen) atoms. The molecule has 1 fully saturated rings. The first kappa shape index (κ1) is 20.7. The van der Waals surface area contributed by atoms with Crippen molar-refractivity contribution in [1.82, 2.24) is 19.2 Å². The van der Waals surface area contributed by atoms with Gasteiger partial charge >= 0.3 is 5.69 Å². The highest BCUT2D eigenvalue weighted by Gasteiger charge is 2.22. The highest BCUT2D eigenvalue weighted by Crippen LogP contribution is 2.29. The summed E-state index contributed by atoms with van der Waals surface area (Å²) in [5.74, 6) is 1.89. The molecule has 2 aromatic heterocycles. The van der Waals surface area contributed by atoms with Crippen molar-refractivity contribution in [3.8, 4) is 11.5 Å². The molecule has 1 aromatic carbocycles. The SMILES string of the molecule is COc1ccc(NC(=O)Cn2nc3c(N4CCC[C@@H](C)C4)nccn3c2=O)c(OC)c1. The van der Waals surface area contributed by atoms with Crippen molar-refractivity contribution in [1.29, 1.82) is 0 Å². The molecular weight excluding hydrogens is 400 g/mol. The summed E-state index contributed by atoms with van der Waals surface area (Å²) in [4.78, 5) is 32.1. The lowest BCUT2D eigenvalue weighted by molar-refractivity contribution is -0.117. The van der Waals surface area contributed by atoms with Gasteiger partial charge in [0.05, 0.1) is 19.9 Å². The number of anilines is 2. The number of carbonyl (C=O) groups is 1. The summed E-state index contributed by atoms with van der Waals surface area (Å²) >= 11 is 0. The molecule has 4 rings (SSSR count). The molecule has 0 radical (unpaired) electrons. The molecule has 3 heterocycles. The number of benzene rings is 1. The van der Waals surface area contributed by atoms with Gasteiger partial charge in [-0.1, -0.05) is 6.92 Å². The number of hydrogen-bond acceptors (Lipinski definition) is 7. The van der Waals surface area contributed by atoms with Crippen LogP contribution >= 0.6 is 0 Å². The van der Waals surface area contributed by atoms with Crippen molar-refractivity contribution in [2.75, 3.05) is 37.5 Å². The minimum absolute atomic E-state index is 0.231. The van der Waals surface area contributed by atoms with Crippen molar-refractivity contribution < 1.29 is 14.3 Å². The van der Waals surface area contributed by atoms with Gasteiger partial charge in [-0.3, -0.25) is 4.79 Å². The number of nitrogens with one attached hydrogen (secondary N) is 1. The number of carbonyl (C=O) groups excluding carboxylic acids is 1. The Labute approximate surface area is 179 Å². The Morgan fingerprint density at radius 2 is 2.13 bits per heavy atom. The molecule has 1 aliphatic heterocycles. The van der Waals surface area contributed by atoms with E-state index in [1.807, 2.05) is 0 Å². The third-order valence-electron chi connectivity index (χ3n) is 5.42. The molecule has 1 amide bonds. The van der Waals surface area contributed by atoms with Gasteiger partial charge in [0.1, 0.15) is 18.0 Å². The van der Waals surface area contributed by atoms with Crippen LogP contribution in [0.2, 0.25) is 0 Å². The first-order valence-corrected chi connectivity index (χ1v) is 10.2. The number of amides is 1. The standard InChI is InChI=1S/C21H26N6O4/c1-14-5-4-9-25(12-14)19-20-24-27(21(29)26(20)10-8-22-19)13-18(28)23-16-7-6-15(30-2)11-17(16)31-3/h6-8,10-11,14H,4-5,9,12-13H2,1-3H3,(H,23,28)/t14-/m1/s1.